The predicted octanol–water partition coefficient (Wildman–Crippen LogP) is 0.609. The standard InChI is InChI=1S/C10H14N2O2/c11-8-3-4-10(13)12(6-8)7-9-2-1-5-14-9/h3-4,6,9H,1-2,5,7,11H2/t9-/m1/s1. The van der Waals surface area contributed by atoms with Gasteiger partial charge in [0.1, 0.15) is 0 Å². The molecule has 2 heterocycles. The minimum Gasteiger partial charge on any atom is -0.398 e. The van der Waals surface area contributed by atoms with Crippen LogP contribution in [-0.2, 0) is 11.3 Å². The van der Waals surface area contributed by atoms with E-state index in [0.29, 0.717) is 12.2 Å². The Morgan fingerprint density at radius 2 is 2.43 bits per heavy atom. The summed E-state index contributed by atoms with van der Waals surface area (Å²) in [6.07, 6.45) is 3.96. The number of ether oxygens (including phenoxy) is 1. The number of anilines is 1. The van der Waals surface area contributed by atoms with Crippen molar-refractivity contribution in [3.8, 4) is 0 Å². The number of hydrogen-bond donors (Lipinski definition) is 1. The molecular formula is C10H14N2O2. The van der Waals surface area contributed by atoms with E-state index in [-0.39, 0.29) is 11.7 Å². The molecule has 0 amide bonds. The molecule has 0 bridgehead atoms. The lowest BCUT2D eigenvalue weighted by Gasteiger charge is -2.11. The van der Waals surface area contributed by atoms with Gasteiger partial charge in [-0.2, -0.15) is 0 Å². The van der Waals surface area contributed by atoms with Crippen LogP contribution in [0, 0.1) is 0 Å². The molecule has 4 heteroatoms. The van der Waals surface area contributed by atoms with Crippen molar-refractivity contribution in [2.45, 2.75) is 25.5 Å². The highest BCUT2D eigenvalue weighted by molar-refractivity contribution is 5.33. The second-order valence-corrected chi connectivity index (χ2v) is 3.59. The quantitative estimate of drug-likeness (QED) is 0.750. The first-order valence-corrected chi connectivity index (χ1v) is 4.83. The number of nitrogens with zero attached hydrogens (tertiary/aromatic N) is 1. The van der Waals surface area contributed by atoms with Crippen LogP contribution in [0.25, 0.3) is 0 Å². The minimum atomic E-state index is -0.0188. The van der Waals surface area contributed by atoms with Gasteiger partial charge >= 0.3 is 0 Å². The molecule has 1 fully saturated rings. The zero-order valence-corrected chi connectivity index (χ0v) is 7.98. The van der Waals surface area contributed by atoms with E-state index in [9.17, 15) is 4.79 Å². The third kappa shape index (κ3) is 1.96. The van der Waals surface area contributed by atoms with Crippen molar-refractivity contribution in [1.82, 2.24) is 4.57 Å². The van der Waals surface area contributed by atoms with E-state index < -0.39 is 0 Å². The summed E-state index contributed by atoms with van der Waals surface area (Å²) in [7, 11) is 0. The van der Waals surface area contributed by atoms with Gasteiger partial charge in [-0.25, -0.2) is 0 Å². The topological polar surface area (TPSA) is 57.2 Å². The first kappa shape index (κ1) is 9.27. The molecule has 1 aliphatic heterocycles. The maximum atomic E-state index is 11.4. The van der Waals surface area contributed by atoms with Crippen LogP contribution in [0.2, 0.25) is 0 Å². The Balaban J connectivity index is 2.15. The van der Waals surface area contributed by atoms with Crippen LogP contribution in [0.1, 0.15) is 12.8 Å². The van der Waals surface area contributed by atoms with Gasteiger partial charge < -0.3 is 15.0 Å². The average molecular weight is 194 g/mol. The van der Waals surface area contributed by atoms with Gasteiger partial charge in [0.2, 0.25) is 0 Å². The Labute approximate surface area is 82.3 Å². The molecule has 1 atom stereocenters. The van der Waals surface area contributed by atoms with Crippen molar-refractivity contribution in [1.29, 1.82) is 0 Å². The van der Waals surface area contributed by atoms with E-state index in [2.05, 4.69) is 0 Å². The predicted molar refractivity (Wildman–Crippen MR) is 54.1 cm³/mol. The molecule has 1 aliphatic rings. The summed E-state index contributed by atoms with van der Waals surface area (Å²) in [5.41, 5.74) is 6.20. The van der Waals surface area contributed by atoms with Crippen LogP contribution in [0.3, 0.4) is 0 Å². The first-order chi connectivity index (χ1) is 6.75. The molecule has 0 spiro atoms. The molecule has 0 aliphatic carbocycles. The van der Waals surface area contributed by atoms with Crippen molar-refractivity contribution in [2.75, 3.05) is 12.3 Å². The summed E-state index contributed by atoms with van der Waals surface area (Å²) in [6.45, 7) is 1.42. The number of rotatable bonds is 2. The molecule has 0 saturated carbocycles. The minimum absolute atomic E-state index is 0.0188. The summed E-state index contributed by atoms with van der Waals surface area (Å²) in [5, 5.41) is 0. The smallest absolute Gasteiger partial charge is 0.250 e. The van der Waals surface area contributed by atoms with Gasteiger partial charge in [0.05, 0.1) is 12.6 Å². The molecule has 0 radical (unpaired) electrons. The highest BCUT2D eigenvalue weighted by Gasteiger charge is 2.16. The Kier molecular flexibility index (Phi) is 2.54. The van der Waals surface area contributed by atoms with Crippen LogP contribution in [0.15, 0.2) is 23.1 Å². The van der Waals surface area contributed by atoms with Crippen molar-refractivity contribution in [3.05, 3.63) is 28.7 Å². The van der Waals surface area contributed by atoms with E-state index in [1.54, 1.807) is 16.8 Å². The van der Waals surface area contributed by atoms with E-state index in [1.807, 2.05) is 0 Å². The monoisotopic (exact) mass is 194 g/mol. The molecule has 2 N–H and O–H groups in total. The Morgan fingerprint density at radius 1 is 1.57 bits per heavy atom. The first-order valence-electron chi connectivity index (χ1n) is 4.83. The Bertz CT molecular complexity index is 367. The molecule has 14 heavy (non-hydrogen) atoms. The number of pyridine rings is 1. The van der Waals surface area contributed by atoms with Gasteiger partial charge in [0.25, 0.3) is 5.56 Å². The fourth-order valence-corrected chi connectivity index (χ4v) is 1.70. The summed E-state index contributed by atoms with van der Waals surface area (Å²) in [5.74, 6) is 0. The Hall–Kier alpha value is -1.29. The van der Waals surface area contributed by atoms with Crippen molar-refractivity contribution in [2.24, 2.45) is 0 Å². The van der Waals surface area contributed by atoms with Gasteiger partial charge in [-0.3, -0.25) is 4.79 Å². The molecular weight excluding hydrogens is 180 g/mol. The maximum Gasteiger partial charge on any atom is 0.250 e. The van der Waals surface area contributed by atoms with E-state index >= 15 is 0 Å². The molecule has 1 saturated heterocycles. The SMILES string of the molecule is Nc1ccc(=O)n(C[C@H]2CCCO2)c1. The van der Waals surface area contributed by atoms with E-state index in [1.165, 1.54) is 6.07 Å². The summed E-state index contributed by atoms with van der Waals surface area (Å²) >= 11 is 0. The zero-order valence-electron chi connectivity index (χ0n) is 7.98. The highest BCUT2D eigenvalue weighted by Crippen LogP contribution is 2.13. The fourth-order valence-electron chi connectivity index (χ4n) is 1.70. The van der Waals surface area contributed by atoms with E-state index in [4.69, 9.17) is 10.5 Å². The Morgan fingerprint density at radius 3 is 3.14 bits per heavy atom. The molecule has 0 unspecified atom stereocenters. The summed E-state index contributed by atoms with van der Waals surface area (Å²) in [6, 6.07) is 3.11. The number of aromatic nitrogens is 1. The second-order valence-electron chi connectivity index (χ2n) is 3.59. The average Bonchev–Trinajstić information content (AvgIpc) is 2.64. The van der Waals surface area contributed by atoms with Gasteiger partial charge in [0, 0.05) is 24.6 Å². The van der Waals surface area contributed by atoms with Crippen molar-refractivity contribution in [3.63, 3.8) is 0 Å². The molecule has 4 nitrogen and oxygen atoms in total. The lowest BCUT2D eigenvalue weighted by molar-refractivity contribution is 0.0962. The van der Waals surface area contributed by atoms with Crippen LogP contribution in [0.5, 0.6) is 0 Å². The van der Waals surface area contributed by atoms with Gasteiger partial charge in [-0.1, -0.05) is 0 Å². The largest absolute Gasteiger partial charge is 0.398 e. The molecule has 2 rings (SSSR count). The summed E-state index contributed by atoms with van der Waals surface area (Å²) in [4.78, 5) is 11.4. The van der Waals surface area contributed by atoms with Gasteiger partial charge in [0.15, 0.2) is 0 Å². The highest BCUT2D eigenvalue weighted by atomic mass is 16.5. The number of nitrogens with two attached hydrogens (primary N) is 1. The van der Waals surface area contributed by atoms with Crippen molar-refractivity contribution >= 4 is 5.69 Å². The van der Waals surface area contributed by atoms with Crippen molar-refractivity contribution < 1.29 is 4.74 Å². The molecule has 0 aromatic carbocycles. The van der Waals surface area contributed by atoms with Crippen LogP contribution in [0.4, 0.5) is 5.69 Å². The molecule has 1 aromatic heterocycles. The fraction of sp³-hybridized carbons (Fsp3) is 0.500. The van der Waals surface area contributed by atoms with Crippen LogP contribution < -0.4 is 11.3 Å². The van der Waals surface area contributed by atoms with Crippen LogP contribution in [-0.4, -0.2) is 17.3 Å². The molecule has 76 valence electrons. The lowest BCUT2D eigenvalue weighted by Crippen LogP contribution is -2.25. The number of hydrogen-bond acceptors (Lipinski definition) is 3. The van der Waals surface area contributed by atoms with Gasteiger partial charge in [-0.15, -0.1) is 0 Å². The van der Waals surface area contributed by atoms with E-state index in [0.717, 1.165) is 19.4 Å². The zero-order chi connectivity index (χ0) is 9.97. The summed E-state index contributed by atoms with van der Waals surface area (Å²) < 4.78 is 7.07. The third-order valence-electron chi connectivity index (χ3n) is 2.43. The number of nitrogen functional groups attached to an aromatic ring is 1. The molecule has 1 aromatic rings. The normalized spacial score (nSPS) is 21.3. The second kappa shape index (κ2) is 3.84. The lowest BCUT2D eigenvalue weighted by atomic mass is 10.2. The van der Waals surface area contributed by atoms with Gasteiger partial charge in [-0.05, 0) is 18.9 Å². The van der Waals surface area contributed by atoms with Crippen LogP contribution >= 0.6 is 0 Å². The maximum absolute atomic E-state index is 11.4. The third-order valence-corrected chi connectivity index (χ3v) is 2.43.